The molecule has 0 amide bonds. The molecule has 0 aliphatic carbocycles. The molecule has 0 spiro atoms. The Morgan fingerprint density at radius 1 is 0.591 bits per heavy atom. The van der Waals surface area contributed by atoms with E-state index in [2.05, 4.69) is 74.5 Å². The Balaban J connectivity index is 0.00000102. The van der Waals surface area contributed by atoms with Crippen molar-refractivity contribution >= 4 is 5.57 Å². The summed E-state index contributed by atoms with van der Waals surface area (Å²) in [6.45, 7) is 12.2. The molecular formula is C22H30. The summed E-state index contributed by atoms with van der Waals surface area (Å²) < 4.78 is 0. The van der Waals surface area contributed by atoms with Gasteiger partial charge in [0.2, 0.25) is 0 Å². The topological polar surface area (TPSA) is 0 Å². The standard InChI is InChI=1S/C18H18.2C2H6/c1-15(2)13-14-18(16-9-5-3-6-10-16)17-11-7-4-8-12-17;2*1-2/h3-14H,1-2H3;2*1-2H3. The smallest absolute Gasteiger partial charge is 0.0111 e. The lowest BCUT2D eigenvalue weighted by Gasteiger charge is -2.07. The minimum atomic E-state index is 1.25. The Morgan fingerprint density at radius 3 is 1.27 bits per heavy atom. The van der Waals surface area contributed by atoms with Gasteiger partial charge in [0.15, 0.2) is 0 Å². The summed E-state index contributed by atoms with van der Waals surface area (Å²) in [7, 11) is 0. The number of allylic oxidation sites excluding steroid dienone is 3. The third kappa shape index (κ3) is 7.08. The van der Waals surface area contributed by atoms with Gasteiger partial charge in [0.05, 0.1) is 0 Å². The van der Waals surface area contributed by atoms with Gasteiger partial charge < -0.3 is 0 Å². The van der Waals surface area contributed by atoms with Crippen LogP contribution in [0, 0.1) is 0 Å². The van der Waals surface area contributed by atoms with Gasteiger partial charge in [-0.25, -0.2) is 0 Å². The number of hydrogen-bond acceptors (Lipinski definition) is 0. The van der Waals surface area contributed by atoms with Crippen LogP contribution < -0.4 is 0 Å². The van der Waals surface area contributed by atoms with E-state index in [1.165, 1.54) is 22.3 Å². The lowest BCUT2D eigenvalue weighted by atomic mass is 9.97. The molecule has 0 radical (unpaired) electrons. The van der Waals surface area contributed by atoms with E-state index < -0.39 is 0 Å². The molecule has 0 aromatic heterocycles. The van der Waals surface area contributed by atoms with E-state index in [9.17, 15) is 0 Å². The molecule has 2 aromatic carbocycles. The van der Waals surface area contributed by atoms with Gasteiger partial charge in [-0.3, -0.25) is 0 Å². The summed E-state index contributed by atoms with van der Waals surface area (Å²) in [5.41, 5.74) is 5.07. The van der Waals surface area contributed by atoms with Gasteiger partial charge >= 0.3 is 0 Å². The molecule has 0 fully saturated rings. The van der Waals surface area contributed by atoms with Gasteiger partial charge in [0.25, 0.3) is 0 Å². The minimum absolute atomic E-state index is 1.25. The first-order valence-electron chi connectivity index (χ1n) is 8.23. The number of hydrogen-bond donors (Lipinski definition) is 0. The van der Waals surface area contributed by atoms with E-state index in [0.717, 1.165) is 0 Å². The van der Waals surface area contributed by atoms with Crippen molar-refractivity contribution in [3.63, 3.8) is 0 Å². The van der Waals surface area contributed by atoms with E-state index >= 15 is 0 Å². The largest absolute Gasteiger partial charge is 0.0764 e. The predicted octanol–water partition coefficient (Wildman–Crippen LogP) is 7.14. The van der Waals surface area contributed by atoms with Crippen LogP contribution in [0.25, 0.3) is 5.57 Å². The Labute approximate surface area is 137 Å². The third-order valence-electron chi connectivity index (χ3n) is 2.75. The average molecular weight is 294 g/mol. The molecule has 0 heterocycles. The van der Waals surface area contributed by atoms with Crippen molar-refractivity contribution < 1.29 is 0 Å². The monoisotopic (exact) mass is 294 g/mol. The second-order valence-electron chi connectivity index (χ2n) is 4.56. The molecule has 0 nitrogen and oxygen atoms in total. The third-order valence-corrected chi connectivity index (χ3v) is 2.75. The van der Waals surface area contributed by atoms with Gasteiger partial charge in [-0.05, 0) is 30.5 Å². The molecule has 2 rings (SSSR count). The second kappa shape index (κ2) is 12.6. The molecule has 0 heteroatoms. The molecule has 0 saturated carbocycles. The zero-order valence-electron chi connectivity index (χ0n) is 14.9. The van der Waals surface area contributed by atoms with Crippen molar-refractivity contribution in [2.24, 2.45) is 0 Å². The molecule has 0 aliphatic rings. The van der Waals surface area contributed by atoms with Crippen LogP contribution in [0.4, 0.5) is 0 Å². The molecular weight excluding hydrogens is 264 g/mol. The molecule has 0 bridgehead atoms. The number of rotatable bonds is 3. The fourth-order valence-electron chi connectivity index (χ4n) is 1.84. The van der Waals surface area contributed by atoms with Crippen LogP contribution in [-0.4, -0.2) is 0 Å². The van der Waals surface area contributed by atoms with Crippen LogP contribution in [0.5, 0.6) is 0 Å². The summed E-state index contributed by atoms with van der Waals surface area (Å²) in [6.07, 6.45) is 4.36. The van der Waals surface area contributed by atoms with Crippen molar-refractivity contribution in [3.8, 4) is 0 Å². The first-order valence-corrected chi connectivity index (χ1v) is 8.23. The highest BCUT2D eigenvalue weighted by atomic mass is 14.1. The predicted molar refractivity (Wildman–Crippen MR) is 102 cm³/mol. The highest BCUT2D eigenvalue weighted by Gasteiger charge is 2.02. The average Bonchev–Trinajstić information content (AvgIpc) is 2.60. The first-order chi connectivity index (χ1) is 10.8. The van der Waals surface area contributed by atoms with Crippen molar-refractivity contribution in [1.29, 1.82) is 0 Å². The van der Waals surface area contributed by atoms with Crippen LogP contribution in [0.15, 0.2) is 78.4 Å². The van der Waals surface area contributed by atoms with Crippen molar-refractivity contribution in [2.45, 2.75) is 41.5 Å². The Kier molecular flexibility index (Phi) is 11.4. The first kappa shape index (κ1) is 19.9. The van der Waals surface area contributed by atoms with Gasteiger partial charge in [-0.2, -0.15) is 0 Å². The lowest BCUT2D eigenvalue weighted by Crippen LogP contribution is -1.86. The molecule has 118 valence electrons. The molecule has 0 N–H and O–H groups in total. The molecule has 2 aromatic rings. The number of benzene rings is 2. The summed E-state index contributed by atoms with van der Waals surface area (Å²) in [4.78, 5) is 0. The Morgan fingerprint density at radius 2 is 0.955 bits per heavy atom. The summed E-state index contributed by atoms with van der Waals surface area (Å²) in [5, 5.41) is 0. The second-order valence-corrected chi connectivity index (χ2v) is 4.56. The highest BCUT2D eigenvalue weighted by Crippen LogP contribution is 2.23. The van der Waals surface area contributed by atoms with Crippen LogP contribution in [0.1, 0.15) is 52.7 Å². The van der Waals surface area contributed by atoms with Gasteiger partial charge in [-0.15, -0.1) is 0 Å². The van der Waals surface area contributed by atoms with Crippen LogP contribution in [0.3, 0.4) is 0 Å². The van der Waals surface area contributed by atoms with E-state index in [0.29, 0.717) is 0 Å². The Bertz CT molecular complexity index is 500. The summed E-state index contributed by atoms with van der Waals surface area (Å²) in [5.74, 6) is 0. The highest BCUT2D eigenvalue weighted by molar-refractivity contribution is 5.80. The summed E-state index contributed by atoms with van der Waals surface area (Å²) in [6, 6.07) is 21.0. The van der Waals surface area contributed by atoms with Gasteiger partial charge in [-0.1, -0.05) is 106 Å². The summed E-state index contributed by atoms with van der Waals surface area (Å²) >= 11 is 0. The molecule has 0 unspecified atom stereocenters. The van der Waals surface area contributed by atoms with E-state index in [-0.39, 0.29) is 0 Å². The van der Waals surface area contributed by atoms with Crippen molar-refractivity contribution in [3.05, 3.63) is 89.5 Å². The molecule has 0 aliphatic heterocycles. The maximum Gasteiger partial charge on any atom is -0.0111 e. The minimum Gasteiger partial charge on any atom is -0.0764 e. The fourth-order valence-corrected chi connectivity index (χ4v) is 1.84. The Hall–Kier alpha value is -2.08. The maximum atomic E-state index is 2.19. The van der Waals surface area contributed by atoms with Gasteiger partial charge in [0, 0.05) is 0 Å². The molecule has 22 heavy (non-hydrogen) atoms. The normalized spacial score (nSPS) is 8.45. The van der Waals surface area contributed by atoms with Crippen molar-refractivity contribution in [2.75, 3.05) is 0 Å². The zero-order chi connectivity index (χ0) is 16.8. The van der Waals surface area contributed by atoms with E-state index in [1.54, 1.807) is 0 Å². The zero-order valence-corrected chi connectivity index (χ0v) is 14.9. The fraction of sp³-hybridized carbons (Fsp3) is 0.273. The van der Waals surface area contributed by atoms with Crippen LogP contribution in [0.2, 0.25) is 0 Å². The van der Waals surface area contributed by atoms with Crippen LogP contribution >= 0.6 is 0 Å². The molecule has 0 saturated heterocycles. The van der Waals surface area contributed by atoms with E-state index in [4.69, 9.17) is 0 Å². The quantitative estimate of drug-likeness (QED) is 0.528. The molecule has 0 atom stereocenters. The van der Waals surface area contributed by atoms with E-state index in [1.807, 2.05) is 39.8 Å². The maximum absolute atomic E-state index is 2.19. The van der Waals surface area contributed by atoms with Crippen LogP contribution in [-0.2, 0) is 0 Å². The van der Waals surface area contributed by atoms with Crippen molar-refractivity contribution in [1.82, 2.24) is 0 Å². The SMILES string of the molecule is CC.CC.CC(C)=CC=C(c1ccccc1)c1ccccc1. The van der Waals surface area contributed by atoms with Gasteiger partial charge in [0.1, 0.15) is 0 Å². The lowest BCUT2D eigenvalue weighted by molar-refractivity contribution is 1.39.